The number of benzene rings is 1. The van der Waals surface area contributed by atoms with Crippen LogP contribution in [0.15, 0.2) is 34.9 Å². The van der Waals surface area contributed by atoms with Gasteiger partial charge in [0.15, 0.2) is 5.76 Å². The number of imide groups is 1. The van der Waals surface area contributed by atoms with Gasteiger partial charge in [-0.05, 0) is 24.3 Å². The van der Waals surface area contributed by atoms with Crippen molar-refractivity contribution in [3.63, 3.8) is 0 Å². The maximum Gasteiger partial charge on any atom is 0.237 e. The largest absolute Gasteiger partial charge is 0.439 e. The molecule has 1 aromatic carbocycles. The molecule has 1 atom stereocenters. The zero-order valence-corrected chi connectivity index (χ0v) is 13.6. The molecule has 0 N–H and O–H groups in total. The van der Waals surface area contributed by atoms with Crippen LogP contribution in [-0.2, 0) is 16.1 Å². The minimum absolute atomic E-state index is 0.0272. The lowest BCUT2D eigenvalue weighted by Crippen LogP contribution is -2.35. The summed E-state index contributed by atoms with van der Waals surface area (Å²) in [6.45, 7) is 0.0272. The Labute approximate surface area is 142 Å². The molecular weight excluding hydrogens is 331 g/mol. The lowest BCUT2D eigenvalue weighted by Gasteiger charge is -2.19. The van der Waals surface area contributed by atoms with Crippen molar-refractivity contribution in [1.82, 2.24) is 9.88 Å². The van der Waals surface area contributed by atoms with E-state index < -0.39 is 5.41 Å². The van der Waals surface area contributed by atoms with Crippen LogP contribution in [0.25, 0.3) is 11.3 Å². The fourth-order valence-electron chi connectivity index (χ4n) is 3.23. The summed E-state index contributed by atoms with van der Waals surface area (Å²) >= 11 is 1.71. The number of hydrogen-bond donors (Lipinski definition) is 0. The summed E-state index contributed by atoms with van der Waals surface area (Å²) in [5.74, 6) is 1.64. The molecule has 5 nitrogen and oxygen atoms in total. The van der Waals surface area contributed by atoms with Gasteiger partial charge in [-0.1, -0.05) is 12.1 Å². The third-order valence-electron chi connectivity index (χ3n) is 4.55. The Kier molecular flexibility index (Phi) is 3.68. The molecule has 0 aliphatic carbocycles. The Morgan fingerprint density at radius 1 is 1.38 bits per heavy atom. The van der Waals surface area contributed by atoms with E-state index in [4.69, 9.17) is 4.42 Å². The van der Waals surface area contributed by atoms with E-state index in [0.717, 1.165) is 12.2 Å². The van der Waals surface area contributed by atoms with Crippen molar-refractivity contribution >= 4 is 23.6 Å². The third-order valence-corrected chi connectivity index (χ3v) is 5.80. The SMILES string of the molecule is O=C1C[C@]2(CCSC2)C(=O)N1Cc1ncc(-c2cccc(F)c2)o1. The van der Waals surface area contributed by atoms with Crippen molar-refractivity contribution in [2.45, 2.75) is 19.4 Å². The van der Waals surface area contributed by atoms with Crippen molar-refractivity contribution in [2.24, 2.45) is 5.41 Å². The first-order valence-electron chi connectivity index (χ1n) is 7.71. The number of rotatable bonds is 3. The normalized spacial score (nSPS) is 23.6. The second-order valence-electron chi connectivity index (χ2n) is 6.17. The molecule has 1 spiro atoms. The predicted molar refractivity (Wildman–Crippen MR) is 86.4 cm³/mol. The molecule has 0 saturated carbocycles. The second-order valence-corrected chi connectivity index (χ2v) is 7.28. The molecule has 0 bridgehead atoms. The molecule has 2 fully saturated rings. The van der Waals surface area contributed by atoms with Crippen LogP contribution in [0, 0.1) is 11.2 Å². The Morgan fingerprint density at radius 2 is 2.25 bits per heavy atom. The van der Waals surface area contributed by atoms with Gasteiger partial charge >= 0.3 is 0 Å². The van der Waals surface area contributed by atoms with E-state index in [9.17, 15) is 14.0 Å². The Bertz CT molecular complexity index is 814. The molecule has 3 heterocycles. The van der Waals surface area contributed by atoms with E-state index in [0.29, 0.717) is 17.1 Å². The van der Waals surface area contributed by atoms with Crippen molar-refractivity contribution in [2.75, 3.05) is 11.5 Å². The zero-order chi connectivity index (χ0) is 16.7. The van der Waals surface area contributed by atoms with Crippen molar-refractivity contribution in [3.8, 4) is 11.3 Å². The smallest absolute Gasteiger partial charge is 0.237 e. The van der Waals surface area contributed by atoms with Crippen molar-refractivity contribution < 1.29 is 18.4 Å². The van der Waals surface area contributed by atoms with E-state index in [1.165, 1.54) is 23.2 Å². The first-order valence-corrected chi connectivity index (χ1v) is 8.86. The molecular formula is C17H15FN2O3S. The number of aromatic nitrogens is 1. The summed E-state index contributed by atoms with van der Waals surface area (Å²) in [7, 11) is 0. The molecule has 4 rings (SSSR count). The van der Waals surface area contributed by atoms with Crippen LogP contribution >= 0.6 is 11.8 Å². The summed E-state index contributed by atoms with van der Waals surface area (Å²) in [5.41, 5.74) is 0.0381. The van der Waals surface area contributed by atoms with Gasteiger partial charge in [-0.15, -0.1) is 0 Å². The topological polar surface area (TPSA) is 63.4 Å². The minimum atomic E-state index is -0.528. The van der Waals surface area contributed by atoms with Gasteiger partial charge in [0.05, 0.1) is 11.6 Å². The molecule has 2 amide bonds. The molecule has 2 aromatic rings. The first kappa shape index (κ1) is 15.4. The van der Waals surface area contributed by atoms with E-state index in [-0.39, 0.29) is 36.5 Å². The molecule has 7 heteroatoms. The predicted octanol–water partition coefficient (Wildman–Crippen LogP) is 2.86. The highest BCUT2D eigenvalue weighted by Crippen LogP contribution is 2.45. The molecule has 1 aromatic heterocycles. The first-order chi connectivity index (χ1) is 11.6. The Hall–Kier alpha value is -2.15. The fourth-order valence-corrected chi connectivity index (χ4v) is 4.67. The van der Waals surface area contributed by atoms with Gasteiger partial charge in [0.25, 0.3) is 0 Å². The maximum absolute atomic E-state index is 13.3. The number of nitrogens with zero attached hydrogens (tertiary/aromatic N) is 2. The lowest BCUT2D eigenvalue weighted by molar-refractivity contribution is -0.142. The fraction of sp³-hybridized carbons (Fsp3) is 0.353. The van der Waals surface area contributed by atoms with Gasteiger partial charge in [0, 0.05) is 17.7 Å². The van der Waals surface area contributed by atoms with Crippen LogP contribution in [0.5, 0.6) is 0 Å². The van der Waals surface area contributed by atoms with Crippen molar-refractivity contribution in [1.29, 1.82) is 0 Å². The number of amides is 2. The summed E-state index contributed by atoms with van der Waals surface area (Å²) in [4.78, 5) is 30.3. The van der Waals surface area contributed by atoms with Crippen LogP contribution in [0.2, 0.25) is 0 Å². The van der Waals surface area contributed by atoms with Crippen LogP contribution in [0.1, 0.15) is 18.7 Å². The monoisotopic (exact) mass is 346 g/mol. The molecule has 124 valence electrons. The number of thioether (sulfide) groups is 1. The van der Waals surface area contributed by atoms with Crippen LogP contribution in [0.3, 0.4) is 0 Å². The highest BCUT2D eigenvalue weighted by atomic mass is 32.2. The van der Waals surface area contributed by atoms with E-state index >= 15 is 0 Å². The number of halogens is 1. The standard InChI is InChI=1S/C17H15FN2O3S/c18-12-3-1-2-11(6-12)13-8-19-14(23-13)9-20-15(21)7-17(16(20)22)4-5-24-10-17/h1-3,6,8H,4-5,7,9-10H2/t17-/m0/s1. The number of hydrogen-bond acceptors (Lipinski definition) is 5. The summed E-state index contributed by atoms with van der Waals surface area (Å²) < 4.78 is 18.9. The van der Waals surface area contributed by atoms with Gasteiger partial charge in [-0.2, -0.15) is 11.8 Å². The van der Waals surface area contributed by atoms with E-state index in [1.807, 2.05) is 0 Å². The lowest BCUT2D eigenvalue weighted by atomic mass is 9.86. The third kappa shape index (κ3) is 2.53. The number of oxazole rings is 1. The van der Waals surface area contributed by atoms with Gasteiger partial charge in [0.2, 0.25) is 17.7 Å². The minimum Gasteiger partial charge on any atom is -0.439 e. The zero-order valence-electron chi connectivity index (χ0n) is 12.8. The van der Waals surface area contributed by atoms with Gasteiger partial charge in [0.1, 0.15) is 12.4 Å². The maximum atomic E-state index is 13.3. The summed E-state index contributed by atoms with van der Waals surface area (Å²) in [6, 6.07) is 5.99. The summed E-state index contributed by atoms with van der Waals surface area (Å²) in [5, 5.41) is 0. The highest BCUT2D eigenvalue weighted by Gasteiger charge is 2.53. The highest BCUT2D eigenvalue weighted by molar-refractivity contribution is 7.99. The molecule has 0 unspecified atom stereocenters. The van der Waals surface area contributed by atoms with Crippen LogP contribution in [-0.4, -0.2) is 33.2 Å². The average Bonchev–Trinajstić information content (AvgIpc) is 3.26. The van der Waals surface area contributed by atoms with Gasteiger partial charge < -0.3 is 4.42 Å². The Balaban J connectivity index is 1.54. The average molecular weight is 346 g/mol. The molecule has 2 aliphatic heterocycles. The van der Waals surface area contributed by atoms with Gasteiger partial charge in [-0.3, -0.25) is 14.5 Å². The number of likely N-dealkylation sites (tertiary alicyclic amines) is 1. The molecule has 0 radical (unpaired) electrons. The van der Waals surface area contributed by atoms with Crippen LogP contribution < -0.4 is 0 Å². The van der Waals surface area contributed by atoms with Crippen LogP contribution in [0.4, 0.5) is 4.39 Å². The number of carbonyl (C=O) groups excluding carboxylic acids is 2. The molecule has 2 aliphatic rings. The van der Waals surface area contributed by atoms with E-state index in [1.54, 1.807) is 23.9 Å². The number of carbonyl (C=O) groups is 2. The van der Waals surface area contributed by atoms with Crippen molar-refractivity contribution in [3.05, 3.63) is 42.2 Å². The molecule has 24 heavy (non-hydrogen) atoms. The second kappa shape index (κ2) is 5.73. The molecule has 2 saturated heterocycles. The summed E-state index contributed by atoms with van der Waals surface area (Å²) in [6.07, 6.45) is 2.51. The van der Waals surface area contributed by atoms with E-state index in [2.05, 4.69) is 4.98 Å². The van der Waals surface area contributed by atoms with Gasteiger partial charge in [-0.25, -0.2) is 9.37 Å². The Morgan fingerprint density at radius 3 is 3.00 bits per heavy atom. The quantitative estimate of drug-likeness (QED) is 0.800.